The Balaban J connectivity index is 1.94. The van der Waals surface area contributed by atoms with Crippen LogP contribution in [0.1, 0.15) is 31.0 Å². The van der Waals surface area contributed by atoms with Crippen molar-refractivity contribution in [2.24, 2.45) is 0 Å². The Morgan fingerprint density at radius 2 is 1.68 bits per heavy atom. The van der Waals surface area contributed by atoms with Gasteiger partial charge in [0.1, 0.15) is 12.4 Å². The van der Waals surface area contributed by atoms with E-state index in [9.17, 15) is 8.42 Å². The molecule has 0 spiro atoms. The molecule has 150 valence electrons. The van der Waals surface area contributed by atoms with E-state index in [1.165, 1.54) is 18.4 Å². The van der Waals surface area contributed by atoms with Gasteiger partial charge in [-0.2, -0.15) is 5.26 Å². The summed E-state index contributed by atoms with van der Waals surface area (Å²) in [5, 5.41) is 8.92. The van der Waals surface area contributed by atoms with Crippen molar-refractivity contribution in [1.29, 1.82) is 5.26 Å². The molecule has 0 N–H and O–H groups in total. The molecule has 0 bridgehead atoms. The molecule has 6 nitrogen and oxygen atoms in total. The first-order chi connectivity index (χ1) is 13.3. The van der Waals surface area contributed by atoms with E-state index in [1.54, 1.807) is 24.3 Å². The number of hydrogen-bond acceptors (Lipinski definition) is 5. The van der Waals surface area contributed by atoms with Crippen LogP contribution in [0.5, 0.6) is 5.75 Å². The molecule has 0 aliphatic carbocycles. The predicted molar refractivity (Wildman–Crippen MR) is 110 cm³/mol. The molecule has 0 aromatic heterocycles. The van der Waals surface area contributed by atoms with Gasteiger partial charge in [-0.05, 0) is 55.4 Å². The minimum absolute atomic E-state index is 0.203. The highest BCUT2D eigenvalue weighted by atomic mass is 32.2. The quantitative estimate of drug-likeness (QED) is 0.645. The number of ether oxygens (including phenoxy) is 1. The van der Waals surface area contributed by atoms with Gasteiger partial charge in [-0.15, -0.1) is 0 Å². The summed E-state index contributed by atoms with van der Waals surface area (Å²) >= 11 is 0. The molecule has 0 saturated carbocycles. The number of likely N-dealkylation sites (N-methyl/N-ethyl adjacent to an activating group) is 1. The number of hydrogen-bond donors (Lipinski definition) is 0. The van der Waals surface area contributed by atoms with Crippen molar-refractivity contribution in [3.8, 4) is 11.8 Å². The van der Waals surface area contributed by atoms with E-state index in [2.05, 4.69) is 24.8 Å². The van der Waals surface area contributed by atoms with Crippen LogP contribution in [0.2, 0.25) is 0 Å². The van der Waals surface area contributed by atoms with Crippen molar-refractivity contribution in [3.63, 3.8) is 0 Å². The summed E-state index contributed by atoms with van der Waals surface area (Å²) in [5.41, 5.74) is 1.81. The fraction of sp³-hybridized carbons (Fsp3) is 0.381. The average molecular weight is 402 g/mol. The molecule has 0 aliphatic heterocycles. The Bertz CT molecular complexity index is 901. The van der Waals surface area contributed by atoms with Crippen molar-refractivity contribution in [1.82, 2.24) is 9.21 Å². The monoisotopic (exact) mass is 401 g/mol. The smallest absolute Gasteiger partial charge is 0.242 e. The zero-order valence-electron chi connectivity index (χ0n) is 16.8. The van der Waals surface area contributed by atoms with E-state index >= 15 is 0 Å². The Morgan fingerprint density at radius 1 is 1.07 bits per heavy atom. The second-order valence-corrected chi connectivity index (χ2v) is 8.80. The number of nitriles is 1. The van der Waals surface area contributed by atoms with Gasteiger partial charge in [-0.25, -0.2) is 12.7 Å². The second kappa shape index (κ2) is 9.69. The average Bonchev–Trinajstić information content (AvgIpc) is 2.71. The largest absolute Gasteiger partial charge is 0.492 e. The van der Waals surface area contributed by atoms with Crippen LogP contribution in [0, 0.1) is 11.3 Å². The lowest BCUT2D eigenvalue weighted by molar-refractivity contribution is 0.175. The molecule has 0 radical (unpaired) electrons. The van der Waals surface area contributed by atoms with Crippen molar-refractivity contribution in [2.75, 3.05) is 33.8 Å². The lowest BCUT2D eigenvalue weighted by Crippen LogP contribution is -2.31. The molecule has 2 aromatic carbocycles. The van der Waals surface area contributed by atoms with Crippen LogP contribution in [0.25, 0.3) is 0 Å². The van der Waals surface area contributed by atoms with Crippen LogP contribution in [0.15, 0.2) is 53.4 Å². The standard InChI is InChI=1S/C21H27N3O3S/c1-5-24(17(2)19-8-6-18(16-22)7-9-19)14-15-27-20-10-12-21(13-11-20)28(25,26)23(3)4/h6-13,17H,5,14-15H2,1-4H3. The van der Waals surface area contributed by atoms with E-state index in [1.807, 2.05) is 24.3 Å². The van der Waals surface area contributed by atoms with Crippen molar-refractivity contribution >= 4 is 10.0 Å². The molecule has 1 unspecified atom stereocenters. The number of sulfonamides is 1. The summed E-state index contributed by atoms with van der Waals surface area (Å²) < 4.78 is 31.2. The molecule has 0 aliphatic rings. The van der Waals surface area contributed by atoms with Crippen LogP contribution in [0.3, 0.4) is 0 Å². The fourth-order valence-corrected chi connectivity index (χ4v) is 3.77. The summed E-state index contributed by atoms with van der Waals surface area (Å²) in [6.45, 7) is 6.32. The molecular weight excluding hydrogens is 374 g/mol. The minimum atomic E-state index is -3.43. The molecule has 0 heterocycles. The first-order valence-electron chi connectivity index (χ1n) is 9.19. The zero-order valence-corrected chi connectivity index (χ0v) is 17.6. The molecule has 0 fully saturated rings. The van der Waals surface area contributed by atoms with Crippen LogP contribution < -0.4 is 4.74 Å². The van der Waals surface area contributed by atoms with Gasteiger partial charge in [0.25, 0.3) is 0 Å². The van der Waals surface area contributed by atoms with Crippen molar-refractivity contribution in [2.45, 2.75) is 24.8 Å². The van der Waals surface area contributed by atoms with E-state index in [4.69, 9.17) is 10.00 Å². The van der Waals surface area contributed by atoms with E-state index in [0.29, 0.717) is 17.9 Å². The molecule has 7 heteroatoms. The molecule has 28 heavy (non-hydrogen) atoms. The van der Waals surface area contributed by atoms with Gasteiger partial charge in [-0.1, -0.05) is 19.1 Å². The third-order valence-electron chi connectivity index (χ3n) is 4.73. The highest BCUT2D eigenvalue weighted by Crippen LogP contribution is 2.21. The zero-order chi connectivity index (χ0) is 20.7. The Kier molecular flexibility index (Phi) is 7.58. The Hall–Kier alpha value is -2.40. The maximum Gasteiger partial charge on any atom is 0.242 e. The van der Waals surface area contributed by atoms with Gasteiger partial charge in [0.15, 0.2) is 0 Å². The maximum atomic E-state index is 12.1. The highest BCUT2D eigenvalue weighted by molar-refractivity contribution is 7.89. The number of nitrogens with zero attached hydrogens (tertiary/aromatic N) is 3. The second-order valence-electron chi connectivity index (χ2n) is 6.65. The first-order valence-corrected chi connectivity index (χ1v) is 10.6. The highest BCUT2D eigenvalue weighted by Gasteiger charge is 2.17. The lowest BCUT2D eigenvalue weighted by Gasteiger charge is -2.28. The van der Waals surface area contributed by atoms with Crippen LogP contribution >= 0.6 is 0 Å². The van der Waals surface area contributed by atoms with Gasteiger partial charge >= 0.3 is 0 Å². The lowest BCUT2D eigenvalue weighted by atomic mass is 10.1. The topological polar surface area (TPSA) is 73.6 Å². The van der Waals surface area contributed by atoms with Crippen molar-refractivity contribution < 1.29 is 13.2 Å². The summed E-state index contributed by atoms with van der Waals surface area (Å²) in [5.74, 6) is 0.639. The number of rotatable bonds is 9. The van der Waals surface area contributed by atoms with Gasteiger partial charge in [-0.3, -0.25) is 4.90 Å². The van der Waals surface area contributed by atoms with Crippen LogP contribution in [-0.2, 0) is 10.0 Å². The SMILES string of the molecule is CCN(CCOc1ccc(S(=O)(=O)N(C)C)cc1)C(C)c1ccc(C#N)cc1. The molecule has 2 aromatic rings. The van der Waals surface area contributed by atoms with Crippen LogP contribution in [0.4, 0.5) is 0 Å². The minimum Gasteiger partial charge on any atom is -0.492 e. The van der Waals surface area contributed by atoms with Crippen LogP contribution in [-0.4, -0.2) is 51.4 Å². The number of benzene rings is 2. The molecular formula is C21H27N3O3S. The molecule has 2 rings (SSSR count). The van der Waals surface area contributed by atoms with E-state index in [-0.39, 0.29) is 10.9 Å². The van der Waals surface area contributed by atoms with E-state index in [0.717, 1.165) is 18.7 Å². The van der Waals surface area contributed by atoms with Gasteiger partial charge in [0, 0.05) is 26.7 Å². The Morgan fingerprint density at radius 3 is 2.18 bits per heavy atom. The fourth-order valence-electron chi connectivity index (χ4n) is 2.87. The maximum absolute atomic E-state index is 12.1. The molecule has 0 amide bonds. The normalized spacial score (nSPS) is 12.8. The van der Waals surface area contributed by atoms with Gasteiger partial charge in [0.05, 0.1) is 16.5 Å². The van der Waals surface area contributed by atoms with Crippen molar-refractivity contribution in [3.05, 3.63) is 59.7 Å². The Labute approximate surface area is 168 Å². The molecule has 0 saturated heterocycles. The molecule has 1 atom stereocenters. The third-order valence-corrected chi connectivity index (χ3v) is 6.55. The summed E-state index contributed by atoms with van der Waals surface area (Å²) in [6, 6.07) is 16.4. The van der Waals surface area contributed by atoms with E-state index < -0.39 is 10.0 Å². The first kappa shape index (κ1) is 21.9. The summed E-state index contributed by atoms with van der Waals surface area (Å²) in [7, 11) is -0.413. The summed E-state index contributed by atoms with van der Waals surface area (Å²) in [6.07, 6.45) is 0. The van der Waals surface area contributed by atoms with Gasteiger partial charge in [0.2, 0.25) is 10.0 Å². The third kappa shape index (κ3) is 5.32. The summed E-state index contributed by atoms with van der Waals surface area (Å²) in [4.78, 5) is 2.53. The van der Waals surface area contributed by atoms with Gasteiger partial charge < -0.3 is 4.74 Å². The predicted octanol–water partition coefficient (Wildman–Crippen LogP) is 3.27.